The second-order valence-electron chi connectivity index (χ2n) is 14.0. The molecule has 10 heteroatoms. The van der Waals surface area contributed by atoms with Crippen LogP contribution in [0.4, 0.5) is 0 Å². The molecule has 0 aliphatic carbocycles. The number of nitrogens with zero attached hydrogens (tertiary/aromatic N) is 2. The van der Waals surface area contributed by atoms with Gasteiger partial charge in [-0.2, -0.15) is 0 Å². The van der Waals surface area contributed by atoms with Crippen molar-refractivity contribution in [3.05, 3.63) is 75.4 Å². The number of allylic oxidation sites excluding steroid dienone is 1. The molecule has 0 spiro atoms. The minimum Gasteiger partial charge on any atom is -0.478 e. The van der Waals surface area contributed by atoms with E-state index in [0.29, 0.717) is 35.6 Å². The van der Waals surface area contributed by atoms with Crippen LogP contribution in [0.2, 0.25) is 0 Å². The Morgan fingerprint density at radius 3 is 2.31 bits per heavy atom. The summed E-state index contributed by atoms with van der Waals surface area (Å²) in [4.78, 5) is 57.0. The van der Waals surface area contributed by atoms with Gasteiger partial charge in [-0.1, -0.05) is 65.5 Å². The molecule has 3 aromatic heterocycles. The number of amides is 1. The van der Waals surface area contributed by atoms with Crippen molar-refractivity contribution in [3.8, 4) is 0 Å². The third-order valence-corrected chi connectivity index (χ3v) is 10.8. The summed E-state index contributed by atoms with van der Waals surface area (Å²) in [6.07, 6.45) is 9.44. The van der Waals surface area contributed by atoms with Crippen LogP contribution in [0.5, 0.6) is 0 Å². The highest BCUT2D eigenvalue weighted by Gasteiger charge is 2.37. The number of aromatic amines is 2. The molecule has 5 rings (SSSR count). The maximum absolute atomic E-state index is 14.1. The first-order valence-corrected chi connectivity index (χ1v) is 18.6. The zero-order chi connectivity index (χ0) is 37.7. The molecule has 276 valence electrons. The van der Waals surface area contributed by atoms with Gasteiger partial charge in [0.25, 0.3) is 5.91 Å². The summed E-state index contributed by atoms with van der Waals surface area (Å²) in [5.74, 6) is -2.69. The normalized spacial score (nSPS) is 15.5. The Labute approximate surface area is 306 Å². The molecule has 1 amide bonds. The van der Waals surface area contributed by atoms with E-state index in [1.807, 2.05) is 39.0 Å². The van der Waals surface area contributed by atoms with E-state index in [-0.39, 0.29) is 35.1 Å². The Morgan fingerprint density at radius 1 is 0.942 bits per heavy atom. The zero-order valence-corrected chi connectivity index (χ0v) is 31.7. The number of carboxylic acid groups (broad SMARTS) is 1. The maximum atomic E-state index is 14.1. The molecule has 2 atom stereocenters. The van der Waals surface area contributed by atoms with Gasteiger partial charge in [-0.3, -0.25) is 14.6 Å². The fourth-order valence-corrected chi connectivity index (χ4v) is 7.63. The number of rotatable bonds is 14. The van der Waals surface area contributed by atoms with Gasteiger partial charge >= 0.3 is 11.9 Å². The van der Waals surface area contributed by atoms with Gasteiger partial charge in [0.1, 0.15) is 5.56 Å². The lowest BCUT2D eigenvalue weighted by Gasteiger charge is -2.17. The van der Waals surface area contributed by atoms with Crippen LogP contribution in [-0.4, -0.2) is 56.5 Å². The topological polar surface area (TPSA) is 150 Å². The van der Waals surface area contributed by atoms with Crippen LogP contribution in [0.3, 0.4) is 0 Å². The number of aromatic nitrogens is 4. The molecule has 4 N–H and O–H groups in total. The average molecular weight is 708 g/mol. The molecule has 2 aliphatic heterocycles. The van der Waals surface area contributed by atoms with Gasteiger partial charge in [0.05, 0.1) is 29.8 Å². The number of ether oxygens (including phenoxy) is 1. The SMILES string of the molecule is C=Cc1c(C)c2cc3nc(c(C(=O)O)c4nc(cc5[nH]c(cc1[nH]2)c(C)c5CC)C(C)=C4C(=O)NCCCCCCCC)[C@@H](CCC(=O)OC)[C@@H]3C. The highest BCUT2D eigenvalue weighted by atomic mass is 16.5. The number of aryl methyl sites for hydroxylation is 3. The standard InChI is InChI=1S/C42H53N5O5/c1-9-12-13-14-15-16-19-43-41(49)37-26(7)33-22-35-28(11-3)24(5)31(45-35)21-34-27(10-2)23(4)30(44-34)20-32-25(6)29(17-18-36(48)52-8)39(46-32)38(42(50)51)40(37)47-33/h10,20-22,25,29,44-45H,2,9,11-19H2,1,3-8H3,(H,43,49)(H,50,51)/t25-,29-/m0/s1. The molecule has 0 fully saturated rings. The minimum atomic E-state index is -1.24. The van der Waals surface area contributed by atoms with E-state index in [2.05, 4.69) is 48.7 Å². The van der Waals surface area contributed by atoms with E-state index in [9.17, 15) is 19.5 Å². The largest absolute Gasteiger partial charge is 0.478 e. The Morgan fingerprint density at radius 2 is 1.63 bits per heavy atom. The number of carbonyl (C=O) groups excluding carboxylic acids is 2. The summed E-state index contributed by atoms with van der Waals surface area (Å²) >= 11 is 0. The summed E-state index contributed by atoms with van der Waals surface area (Å²) < 4.78 is 4.96. The number of carbonyl (C=O) groups is 3. The highest BCUT2D eigenvalue weighted by molar-refractivity contribution is 6.28. The molecule has 0 aromatic carbocycles. The van der Waals surface area contributed by atoms with Gasteiger partial charge < -0.3 is 25.1 Å². The molecule has 0 radical (unpaired) electrons. The van der Waals surface area contributed by atoms with Crippen LogP contribution in [0.1, 0.15) is 146 Å². The number of H-pyrrole nitrogens is 2. The number of esters is 1. The molecule has 0 saturated heterocycles. The first-order chi connectivity index (χ1) is 24.9. The second kappa shape index (κ2) is 16.6. The van der Waals surface area contributed by atoms with Crippen molar-refractivity contribution in [2.75, 3.05) is 13.7 Å². The van der Waals surface area contributed by atoms with E-state index in [0.717, 1.165) is 70.0 Å². The molecule has 5 heterocycles. The third-order valence-electron chi connectivity index (χ3n) is 10.8. The third kappa shape index (κ3) is 7.61. The van der Waals surface area contributed by atoms with Crippen LogP contribution in [0.25, 0.3) is 39.3 Å². The molecular weight excluding hydrogens is 654 g/mol. The van der Waals surface area contributed by atoms with Crippen LogP contribution in [-0.2, 0) is 20.7 Å². The molecule has 3 aromatic rings. The number of carboxylic acids is 1. The zero-order valence-electron chi connectivity index (χ0n) is 31.7. The van der Waals surface area contributed by atoms with Gasteiger partial charge in [0, 0.05) is 58.1 Å². The molecule has 8 bridgehead atoms. The van der Waals surface area contributed by atoms with E-state index >= 15 is 0 Å². The van der Waals surface area contributed by atoms with Crippen molar-refractivity contribution in [2.24, 2.45) is 0 Å². The Kier molecular flexibility index (Phi) is 12.2. The van der Waals surface area contributed by atoms with Crippen molar-refractivity contribution < 1.29 is 24.2 Å². The van der Waals surface area contributed by atoms with Gasteiger partial charge in [0.15, 0.2) is 0 Å². The van der Waals surface area contributed by atoms with Gasteiger partial charge in [-0.15, -0.1) is 0 Å². The van der Waals surface area contributed by atoms with E-state index < -0.39 is 17.9 Å². The monoisotopic (exact) mass is 707 g/mol. The predicted octanol–water partition coefficient (Wildman–Crippen LogP) is 9.08. The number of hydrogen-bond acceptors (Lipinski definition) is 6. The van der Waals surface area contributed by atoms with E-state index in [1.54, 1.807) is 0 Å². The summed E-state index contributed by atoms with van der Waals surface area (Å²) in [5, 5.41) is 14.0. The number of methoxy groups -OCH3 is 1. The molecule has 52 heavy (non-hydrogen) atoms. The first kappa shape index (κ1) is 38.2. The predicted molar refractivity (Wildman–Crippen MR) is 208 cm³/mol. The van der Waals surface area contributed by atoms with Crippen LogP contribution >= 0.6 is 0 Å². The lowest BCUT2D eigenvalue weighted by atomic mass is 9.85. The quantitative estimate of drug-likeness (QED) is 0.0964. The van der Waals surface area contributed by atoms with Crippen molar-refractivity contribution in [1.29, 1.82) is 0 Å². The number of fused-ring (bicyclic) bond motifs is 8. The van der Waals surface area contributed by atoms with Crippen molar-refractivity contribution >= 4 is 57.1 Å². The Bertz CT molecular complexity index is 2090. The summed E-state index contributed by atoms with van der Waals surface area (Å²) in [6.45, 7) is 16.8. The molecule has 10 nitrogen and oxygen atoms in total. The average Bonchev–Trinajstić information content (AvgIpc) is 3.79. The van der Waals surface area contributed by atoms with Crippen LogP contribution in [0.15, 0.2) is 24.8 Å². The van der Waals surface area contributed by atoms with Gasteiger partial charge in [-0.25, -0.2) is 9.78 Å². The van der Waals surface area contributed by atoms with Gasteiger partial charge in [0.2, 0.25) is 0 Å². The fraction of sp³-hybridized carbons (Fsp3) is 0.452. The molecule has 2 aliphatic rings. The fourth-order valence-electron chi connectivity index (χ4n) is 7.63. The lowest BCUT2D eigenvalue weighted by Crippen LogP contribution is -2.26. The van der Waals surface area contributed by atoms with Crippen molar-refractivity contribution in [2.45, 2.75) is 111 Å². The summed E-state index contributed by atoms with van der Waals surface area (Å²) in [5.41, 5.74) is 9.84. The number of unbranched alkanes of at least 4 members (excludes halogenated alkanes) is 5. The molecule has 0 saturated carbocycles. The number of nitrogens with one attached hydrogen (secondary N) is 3. The smallest absolute Gasteiger partial charge is 0.339 e. The second-order valence-corrected chi connectivity index (χ2v) is 14.0. The highest BCUT2D eigenvalue weighted by Crippen LogP contribution is 2.43. The number of aromatic carboxylic acids is 1. The number of hydrogen-bond donors (Lipinski definition) is 4. The molecule has 0 unspecified atom stereocenters. The molecular formula is C42H53N5O5. The van der Waals surface area contributed by atoms with Gasteiger partial charge in [-0.05, 0) is 80.5 Å². The lowest BCUT2D eigenvalue weighted by molar-refractivity contribution is -0.140. The Hall–Kier alpha value is -4.99. The van der Waals surface area contributed by atoms with E-state index in [4.69, 9.17) is 14.7 Å². The minimum absolute atomic E-state index is 0.0815. The van der Waals surface area contributed by atoms with E-state index in [1.165, 1.54) is 26.4 Å². The maximum Gasteiger partial charge on any atom is 0.339 e. The van der Waals surface area contributed by atoms with Crippen molar-refractivity contribution in [1.82, 2.24) is 25.3 Å². The first-order valence-electron chi connectivity index (χ1n) is 18.6. The summed E-state index contributed by atoms with van der Waals surface area (Å²) in [6, 6.07) is 5.95. The summed E-state index contributed by atoms with van der Waals surface area (Å²) in [7, 11) is 1.34. The Balaban J connectivity index is 1.83. The van der Waals surface area contributed by atoms with Crippen LogP contribution < -0.4 is 5.32 Å². The van der Waals surface area contributed by atoms with Crippen LogP contribution in [0, 0.1) is 13.8 Å². The van der Waals surface area contributed by atoms with Crippen molar-refractivity contribution in [3.63, 3.8) is 0 Å².